The van der Waals surface area contributed by atoms with Gasteiger partial charge >= 0.3 is 0 Å². The smallest absolute Gasteiger partial charge is 0.264 e. The quantitative estimate of drug-likeness (QED) is 0.263. The van der Waals surface area contributed by atoms with Crippen LogP contribution in [-0.4, -0.2) is 44.8 Å². The highest BCUT2D eigenvalue weighted by Crippen LogP contribution is 2.27. The molecule has 0 aliphatic carbocycles. The molecule has 2 amide bonds. The van der Waals surface area contributed by atoms with Crippen LogP contribution < -0.4 is 9.62 Å². The molecule has 7 nitrogen and oxygen atoms in total. The van der Waals surface area contributed by atoms with Crippen molar-refractivity contribution in [1.82, 2.24) is 10.2 Å². The number of benzene rings is 4. The zero-order chi connectivity index (χ0) is 30.3. The molecule has 1 unspecified atom stereocenters. The third-order valence-electron chi connectivity index (χ3n) is 7.38. The van der Waals surface area contributed by atoms with Gasteiger partial charge in [0.15, 0.2) is 0 Å². The van der Waals surface area contributed by atoms with Crippen LogP contribution in [0.4, 0.5) is 5.69 Å². The van der Waals surface area contributed by atoms with Gasteiger partial charge in [-0.25, -0.2) is 8.42 Å². The molecule has 8 heteroatoms. The molecule has 4 aromatic carbocycles. The Labute approximate surface area is 248 Å². The van der Waals surface area contributed by atoms with Crippen molar-refractivity contribution in [3.63, 3.8) is 0 Å². The fraction of sp³-hybridized carbons (Fsp3) is 0.235. The van der Waals surface area contributed by atoms with Gasteiger partial charge in [-0.3, -0.25) is 13.9 Å². The van der Waals surface area contributed by atoms with Crippen LogP contribution in [0.15, 0.2) is 108 Å². The predicted molar refractivity (Wildman–Crippen MR) is 167 cm³/mol. The summed E-state index contributed by atoms with van der Waals surface area (Å²) >= 11 is 0. The molecule has 42 heavy (non-hydrogen) atoms. The maximum atomic E-state index is 14.3. The maximum absolute atomic E-state index is 14.3. The molecule has 1 atom stereocenters. The second kappa shape index (κ2) is 13.5. The Morgan fingerprint density at radius 2 is 1.36 bits per heavy atom. The van der Waals surface area contributed by atoms with Crippen molar-refractivity contribution in [3.05, 3.63) is 131 Å². The number of nitrogens with one attached hydrogen (secondary N) is 1. The summed E-state index contributed by atoms with van der Waals surface area (Å²) in [5.41, 5.74) is 4.92. The second-order valence-electron chi connectivity index (χ2n) is 10.4. The van der Waals surface area contributed by atoms with Crippen LogP contribution in [0.1, 0.15) is 27.8 Å². The van der Waals surface area contributed by atoms with Crippen LogP contribution in [0, 0.1) is 20.8 Å². The van der Waals surface area contributed by atoms with Crippen molar-refractivity contribution in [2.45, 2.75) is 44.7 Å². The Morgan fingerprint density at radius 1 is 0.762 bits per heavy atom. The average molecular weight is 584 g/mol. The van der Waals surface area contributed by atoms with E-state index >= 15 is 0 Å². The summed E-state index contributed by atoms with van der Waals surface area (Å²) in [5, 5.41) is 2.70. The van der Waals surface area contributed by atoms with Gasteiger partial charge in [0.2, 0.25) is 11.8 Å². The van der Waals surface area contributed by atoms with Crippen molar-refractivity contribution < 1.29 is 18.0 Å². The summed E-state index contributed by atoms with van der Waals surface area (Å²) in [5.74, 6) is -0.820. The van der Waals surface area contributed by atoms with E-state index < -0.39 is 28.5 Å². The SMILES string of the molecule is CNC(=O)C(Cc1ccccc1)N(Cc1ccccc1)C(=O)CN(c1ccc(C)c(C)c1)S(=O)(=O)c1ccc(C)cc1. The fourth-order valence-corrected chi connectivity index (χ4v) is 6.15. The van der Waals surface area contributed by atoms with Gasteiger partial charge in [0.1, 0.15) is 12.6 Å². The van der Waals surface area contributed by atoms with Crippen molar-refractivity contribution in [2.75, 3.05) is 17.9 Å². The molecule has 0 aromatic heterocycles. The minimum atomic E-state index is -4.13. The van der Waals surface area contributed by atoms with Crippen LogP contribution in [0.3, 0.4) is 0 Å². The first-order valence-electron chi connectivity index (χ1n) is 13.9. The minimum Gasteiger partial charge on any atom is -0.357 e. The van der Waals surface area contributed by atoms with Gasteiger partial charge in [-0.2, -0.15) is 0 Å². The lowest BCUT2D eigenvalue weighted by Gasteiger charge is -2.33. The van der Waals surface area contributed by atoms with Crippen molar-refractivity contribution >= 4 is 27.5 Å². The highest BCUT2D eigenvalue weighted by molar-refractivity contribution is 7.92. The van der Waals surface area contributed by atoms with E-state index in [1.807, 2.05) is 87.5 Å². The third-order valence-corrected chi connectivity index (χ3v) is 9.17. The van der Waals surface area contributed by atoms with Crippen molar-refractivity contribution in [3.8, 4) is 0 Å². The first kappa shape index (κ1) is 30.5. The molecule has 4 aromatic rings. The van der Waals surface area contributed by atoms with E-state index in [2.05, 4.69) is 5.32 Å². The van der Waals surface area contributed by atoms with Gasteiger partial charge in [0.05, 0.1) is 10.6 Å². The van der Waals surface area contributed by atoms with Crippen LogP contribution in [-0.2, 0) is 32.6 Å². The van der Waals surface area contributed by atoms with E-state index in [0.717, 1.165) is 32.1 Å². The fourth-order valence-electron chi connectivity index (χ4n) is 4.75. The number of carbonyl (C=O) groups excluding carboxylic acids is 2. The molecule has 0 bridgehead atoms. The number of rotatable bonds is 11. The maximum Gasteiger partial charge on any atom is 0.264 e. The number of hydrogen-bond acceptors (Lipinski definition) is 4. The minimum absolute atomic E-state index is 0.0841. The monoisotopic (exact) mass is 583 g/mol. The number of anilines is 1. The Morgan fingerprint density at radius 3 is 1.93 bits per heavy atom. The first-order valence-corrected chi connectivity index (χ1v) is 15.3. The van der Waals surface area contributed by atoms with Gasteiger partial charge in [-0.05, 0) is 67.3 Å². The molecule has 4 rings (SSSR count). The summed E-state index contributed by atoms with van der Waals surface area (Å²) in [6.07, 6.45) is 0.271. The molecule has 0 saturated heterocycles. The van der Waals surface area contributed by atoms with Crippen LogP contribution in [0.25, 0.3) is 0 Å². The number of nitrogens with zero attached hydrogens (tertiary/aromatic N) is 2. The zero-order valence-electron chi connectivity index (χ0n) is 24.4. The Balaban J connectivity index is 1.79. The van der Waals surface area contributed by atoms with Gasteiger partial charge in [-0.1, -0.05) is 84.4 Å². The first-order chi connectivity index (χ1) is 20.1. The van der Waals surface area contributed by atoms with Gasteiger partial charge in [-0.15, -0.1) is 0 Å². The molecule has 0 aliphatic heterocycles. The molecule has 0 spiro atoms. The Kier molecular flexibility index (Phi) is 9.80. The van der Waals surface area contributed by atoms with Crippen LogP contribution >= 0.6 is 0 Å². The molecule has 1 N–H and O–H groups in total. The topological polar surface area (TPSA) is 86.8 Å². The number of amides is 2. The lowest BCUT2D eigenvalue weighted by atomic mass is 10.0. The van der Waals surface area contributed by atoms with E-state index in [1.54, 1.807) is 36.4 Å². The summed E-state index contributed by atoms with van der Waals surface area (Å²) in [6, 6.07) is 29.9. The Bertz CT molecular complexity index is 1620. The standard InChI is InChI=1S/C34H37N3O4S/c1-25-15-19-31(20-16-25)42(40,41)37(30-18-17-26(2)27(3)21-30)24-33(38)36(23-29-13-9-6-10-14-29)32(34(39)35-4)22-28-11-7-5-8-12-28/h5-21,32H,22-24H2,1-4H3,(H,35,39). The summed E-state index contributed by atoms with van der Waals surface area (Å²) in [4.78, 5) is 29.2. The van der Waals surface area contributed by atoms with E-state index in [4.69, 9.17) is 0 Å². The zero-order valence-corrected chi connectivity index (χ0v) is 25.3. The second-order valence-corrected chi connectivity index (χ2v) is 12.3. The molecule has 0 saturated carbocycles. The van der Waals surface area contributed by atoms with E-state index in [-0.39, 0.29) is 23.8 Å². The molecule has 0 heterocycles. The third kappa shape index (κ3) is 7.25. The normalized spacial score (nSPS) is 11.9. The van der Waals surface area contributed by atoms with Gasteiger partial charge in [0.25, 0.3) is 10.0 Å². The lowest BCUT2D eigenvalue weighted by molar-refractivity contribution is -0.139. The van der Waals surface area contributed by atoms with Crippen molar-refractivity contribution in [2.24, 2.45) is 0 Å². The van der Waals surface area contributed by atoms with Gasteiger partial charge < -0.3 is 10.2 Å². The molecule has 0 radical (unpaired) electrons. The molecule has 0 fully saturated rings. The predicted octanol–water partition coefficient (Wildman–Crippen LogP) is 5.19. The molecular weight excluding hydrogens is 546 g/mol. The molecule has 0 aliphatic rings. The number of carbonyl (C=O) groups is 2. The number of likely N-dealkylation sites (N-methyl/N-ethyl adjacent to an activating group) is 1. The number of aryl methyl sites for hydroxylation is 3. The number of hydrogen-bond donors (Lipinski definition) is 1. The summed E-state index contributed by atoms with van der Waals surface area (Å²) < 4.78 is 29.3. The lowest BCUT2D eigenvalue weighted by Crippen LogP contribution is -2.53. The van der Waals surface area contributed by atoms with E-state index in [1.165, 1.54) is 11.9 Å². The average Bonchev–Trinajstić information content (AvgIpc) is 2.99. The summed E-state index contributed by atoms with van der Waals surface area (Å²) in [7, 11) is -2.59. The Hall–Kier alpha value is -4.43. The summed E-state index contributed by atoms with van der Waals surface area (Å²) in [6.45, 7) is 5.39. The molecular formula is C34H37N3O4S. The van der Waals surface area contributed by atoms with E-state index in [9.17, 15) is 18.0 Å². The van der Waals surface area contributed by atoms with Crippen molar-refractivity contribution in [1.29, 1.82) is 0 Å². The van der Waals surface area contributed by atoms with Crippen LogP contribution in [0.5, 0.6) is 0 Å². The van der Waals surface area contributed by atoms with Gasteiger partial charge in [0, 0.05) is 20.0 Å². The largest absolute Gasteiger partial charge is 0.357 e. The molecule has 218 valence electrons. The van der Waals surface area contributed by atoms with E-state index in [0.29, 0.717) is 5.69 Å². The number of sulfonamides is 1. The van der Waals surface area contributed by atoms with Crippen LogP contribution in [0.2, 0.25) is 0 Å². The highest BCUT2D eigenvalue weighted by atomic mass is 32.2. The highest BCUT2D eigenvalue weighted by Gasteiger charge is 2.34.